The van der Waals surface area contributed by atoms with Gasteiger partial charge in [0.2, 0.25) is 0 Å². The molecule has 0 bridgehead atoms. The molecular formula is C64H48N2Si. The Balaban J connectivity index is 1.01. The first-order valence-electron chi connectivity index (χ1n) is 23.8. The van der Waals surface area contributed by atoms with Crippen LogP contribution in [0.25, 0.3) is 60.5 Å². The molecule has 1 spiro atoms. The zero-order chi connectivity index (χ0) is 44.8. The summed E-state index contributed by atoms with van der Waals surface area (Å²) in [5, 5.41) is 8.13. The molecule has 0 fully saturated rings. The minimum atomic E-state index is -2.31. The third-order valence-corrected chi connectivity index (χ3v) is 19.6. The summed E-state index contributed by atoms with van der Waals surface area (Å²) in [6, 6.07) is 83.0. The third kappa shape index (κ3) is 4.99. The fraction of sp³-hybridized carbons (Fsp3) is 0.0938. The fourth-order valence-corrected chi connectivity index (χ4v) is 16.3. The first kappa shape index (κ1) is 38.5. The number of fused-ring (bicyclic) bond motifs is 14. The molecule has 1 unspecified atom stereocenters. The molecule has 67 heavy (non-hydrogen) atoms. The van der Waals surface area contributed by atoms with Crippen molar-refractivity contribution in [2.75, 3.05) is 4.90 Å². The number of rotatable bonds is 4. The zero-order valence-corrected chi connectivity index (χ0v) is 39.2. The molecule has 1 aromatic heterocycles. The largest absolute Gasteiger partial charge is 0.310 e. The first-order valence-corrected chi connectivity index (χ1v) is 26.8. The summed E-state index contributed by atoms with van der Waals surface area (Å²) >= 11 is 0. The van der Waals surface area contributed by atoms with Gasteiger partial charge in [-0.1, -0.05) is 191 Å². The van der Waals surface area contributed by atoms with Crippen LogP contribution in [0.1, 0.15) is 47.2 Å². The van der Waals surface area contributed by atoms with Crippen LogP contribution in [0, 0.1) is 0 Å². The van der Waals surface area contributed by atoms with Gasteiger partial charge in [0, 0.05) is 38.8 Å². The van der Waals surface area contributed by atoms with Crippen LogP contribution in [0.15, 0.2) is 218 Å². The Morgan fingerprint density at radius 2 is 1.00 bits per heavy atom. The normalized spacial score (nSPS) is 16.7. The van der Waals surface area contributed by atoms with Crippen molar-refractivity contribution in [2.45, 2.75) is 37.8 Å². The molecule has 11 aromatic rings. The molecule has 0 radical (unpaired) electrons. The van der Waals surface area contributed by atoms with Crippen LogP contribution >= 0.6 is 0 Å². The molecule has 0 amide bonds. The summed E-state index contributed by atoms with van der Waals surface area (Å²) in [7, 11) is -2.31. The molecule has 1 aliphatic heterocycles. The van der Waals surface area contributed by atoms with Crippen molar-refractivity contribution in [3.8, 4) is 27.9 Å². The average molecular weight is 873 g/mol. The third-order valence-electron chi connectivity index (χ3n) is 16.0. The van der Waals surface area contributed by atoms with Gasteiger partial charge in [-0.25, -0.2) is 0 Å². The van der Waals surface area contributed by atoms with Crippen molar-refractivity contribution >= 4 is 68.1 Å². The van der Waals surface area contributed by atoms with Crippen LogP contribution in [-0.4, -0.2) is 12.6 Å². The van der Waals surface area contributed by atoms with E-state index >= 15 is 0 Å². The van der Waals surface area contributed by atoms with Crippen LogP contribution in [0.2, 0.25) is 13.1 Å². The fourth-order valence-electron chi connectivity index (χ4n) is 13.1. The van der Waals surface area contributed by atoms with Crippen molar-refractivity contribution in [1.82, 2.24) is 4.57 Å². The molecule has 10 aromatic carbocycles. The molecule has 2 heterocycles. The van der Waals surface area contributed by atoms with Crippen molar-refractivity contribution in [2.24, 2.45) is 0 Å². The van der Waals surface area contributed by atoms with Crippen LogP contribution in [-0.2, 0) is 10.8 Å². The van der Waals surface area contributed by atoms with Crippen LogP contribution < -0.4 is 15.3 Å². The Kier molecular flexibility index (Phi) is 7.86. The summed E-state index contributed by atoms with van der Waals surface area (Å²) in [5.41, 5.74) is 20.2. The standard InChI is InChI=1S/C64H48N2Si/c1-63(2)50-27-11-9-25-48(50)62-54(63)30-18-33-58(62)66-56-32-14-10-24-46(56)49-39-43(36-38-57(49)66)65(42-21-6-5-7-22-42)44-35-37-53-60(40-44)67(3,4)59-34-15-13-29-52(59)64(53)51-28-12-8-23-45(51)47-26-16-19-41-20-17-31-55(64)61(41)47/h5-40H,1-4H3. The van der Waals surface area contributed by atoms with E-state index in [9.17, 15) is 0 Å². The Morgan fingerprint density at radius 3 is 1.85 bits per heavy atom. The predicted molar refractivity (Wildman–Crippen MR) is 285 cm³/mol. The van der Waals surface area contributed by atoms with Gasteiger partial charge >= 0.3 is 0 Å². The van der Waals surface area contributed by atoms with Gasteiger partial charge in [-0.3, -0.25) is 0 Å². The van der Waals surface area contributed by atoms with E-state index < -0.39 is 13.5 Å². The predicted octanol–water partition coefficient (Wildman–Crippen LogP) is 15.2. The quantitative estimate of drug-likeness (QED) is 0.160. The lowest BCUT2D eigenvalue weighted by Gasteiger charge is -2.50. The maximum Gasteiger partial charge on any atom is 0.113 e. The van der Waals surface area contributed by atoms with E-state index in [1.54, 1.807) is 0 Å². The van der Waals surface area contributed by atoms with Gasteiger partial charge in [0.15, 0.2) is 0 Å². The van der Waals surface area contributed by atoms with E-state index in [0.29, 0.717) is 0 Å². The lowest BCUT2D eigenvalue weighted by molar-refractivity contribution is 0.660. The molecule has 0 N–H and O–H groups in total. The van der Waals surface area contributed by atoms with Crippen LogP contribution in [0.3, 0.4) is 0 Å². The van der Waals surface area contributed by atoms with Crippen molar-refractivity contribution in [3.63, 3.8) is 0 Å². The van der Waals surface area contributed by atoms with E-state index in [1.807, 2.05) is 0 Å². The lowest BCUT2D eigenvalue weighted by Crippen LogP contribution is -2.63. The van der Waals surface area contributed by atoms with Crippen LogP contribution in [0.5, 0.6) is 0 Å². The van der Waals surface area contributed by atoms with Gasteiger partial charge in [0.25, 0.3) is 0 Å². The van der Waals surface area contributed by atoms with E-state index in [1.165, 1.54) is 110 Å². The van der Waals surface area contributed by atoms with Gasteiger partial charge in [-0.05, 0) is 126 Å². The molecule has 2 nitrogen and oxygen atoms in total. The molecule has 318 valence electrons. The second kappa shape index (κ2) is 13.7. The molecule has 0 saturated carbocycles. The van der Waals surface area contributed by atoms with E-state index in [2.05, 4.69) is 255 Å². The molecule has 3 aliphatic rings. The average Bonchev–Trinajstić information content (AvgIpc) is 3.82. The number of para-hydroxylation sites is 2. The summed E-state index contributed by atoms with van der Waals surface area (Å²) in [4.78, 5) is 2.49. The van der Waals surface area contributed by atoms with E-state index in [0.717, 1.165) is 11.4 Å². The Bertz CT molecular complexity index is 3890. The highest BCUT2D eigenvalue weighted by atomic mass is 28.3. The van der Waals surface area contributed by atoms with Gasteiger partial charge in [-0.2, -0.15) is 0 Å². The van der Waals surface area contributed by atoms with Gasteiger partial charge in [-0.15, -0.1) is 0 Å². The Morgan fingerprint density at radius 1 is 0.403 bits per heavy atom. The number of nitrogens with zero attached hydrogens (tertiary/aromatic N) is 2. The Labute approximate surface area is 393 Å². The van der Waals surface area contributed by atoms with Crippen molar-refractivity contribution in [1.29, 1.82) is 0 Å². The molecule has 0 saturated heterocycles. The molecule has 1 atom stereocenters. The first-order chi connectivity index (χ1) is 32.8. The van der Waals surface area contributed by atoms with E-state index in [-0.39, 0.29) is 5.41 Å². The minimum Gasteiger partial charge on any atom is -0.310 e. The maximum absolute atomic E-state index is 2.58. The molecule has 2 aliphatic carbocycles. The highest BCUT2D eigenvalue weighted by Crippen LogP contribution is 2.57. The van der Waals surface area contributed by atoms with Gasteiger partial charge in [0.05, 0.1) is 22.1 Å². The van der Waals surface area contributed by atoms with Crippen LogP contribution in [0.4, 0.5) is 17.1 Å². The van der Waals surface area contributed by atoms with Crippen molar-refractivity contribution in [3.05, 3.63) is 252 Å². The van der Waals surface area contributed by atoms with Gasteiger partial charge in [0.1, 0.15) is 8.07 Å². The number of hydrogen-bond acceptors (Lipinski definition) is 1. The number of aromatic nitrogens is 1. The summed E-state index contributed by atoms with van der Waals surface area (Å²) in [6.45, 7) is 9.87. The molecule has 3 heteroatoms. The highest BCUT2D eigenvalue weighted by molar-refractivity contribution is 7.01. The minimum absolute atomic E-state index is 0.0870. The molecule has 14 rings (SSSR count). The number of hydrogen-bond donors (Lipinski definition) is 0. The lowest BCUT2D eigenvalue weighted by atomic mass is 9.59. The SMILES string of the molecule is CC1(C)c2ccccc2-c2c(-n3c4ccccc4c4cc(N(c5ccccc5)c5ccc6c(c5)[Si](C)(C)c5ccccc5C65c6ccccc6-c6cccc7cccc5c67)ccc43)cccc21. The second-order valence-corrected chi connectivity index (χ2v) is 24.3. The Hall–Kier alpha value is -7.72. The summed E-state index contributed by atoms with van der Waals surface area (Å²) in [6.07, 6.45) is 0. The second-order valence-electron chi connectivity index (χ2n) is 20.0. The number of anilines is 3. The summed E-state index contributed by atoms with van der Waals surface area (Å²) < 4.78 is 2.52. The summed E-state index contributed by atoms with van der Waals surface area (Å²) in [5.74, 6) is 0. The van der Waals surface area contributed by atoms with E-state index in [4.69, 9.17) is 0 Å². The smallest absolute Gasteiger partial charge is 0.113 e. The van der Waals surface area contributed by atoms with Crippen molar-refractivity contribution < 1.29 is 0 Å². The van der Waals surface area contributed by atoms with Gasteiger partial charge < -0.3 is 9.47 Å². The highest BCUT2D eigenvalue weighted by Gasteiger charge is 2.52. The maximum atomic E-state index is 2.58. The number of benzene rings is 10. The topological polar surface area (TPSA) is 8.17 Å². The monoisotopic (exact) mass is 872 g/mol. The molecular weight excluding hydrogens is 825 g/mol. The zero-order valence-electron chi connectivity index (χ0n) is 38.2.